The lowest BCUT2D eigenvalue weighted by molar-refractivity contribution is 0.108. The number of hydrogen-bond donors (Lipinski definition) is 0. The van der Waals surface area contributed by atoms with Crippen LogP contribution in [0.4, 0.5) is 35.9 Å². The highest BCUT2D eigenvalue weighted by Gasteiger charge is 1.92. The van der Waals surface area contributed by atoms with Crippen LogP contribution in [-0.2, 0) is 26.7 Å². The average molecular weight is 360 g/mol. The van der Waals surface area contributed by atoms with E-state index in [1.165, 1.54) is 0 Å². The molecule has 0 heterocycles. The van der Waals surface area contributed by atoms with Crippen LogP contribution in [0.2, 0.25) is 0 Å². The molecule has 0 aliphatic carbocycles. The second kappa shape index (κ2) is 17.2. The fourth-order valence-corrected chi connectivity index (χ4v) is 1.43. The molecule has 0 N–H and O–H groups in total. The third kappa shape index (κ3) is 10.6. The maximum absolute atomic E-state index is 11.9. The first kappa shape index (κ1) is 24.1. The Balaban J connectivity index is 0. The minimum absolute atomic E-state index is 0.480. The van der Waals surface area contributed by atoms with E-state index in [4.69, 9.17) is 18.3 Å². The molecule has 136 valence electrons. The molecule has 8 heteroatoms. The van der Waals surface area contributed by atoms with Crippen LogP contribution in [0.15, 0.2) is 48.5 Å². The molecule has 0 bridgehead atoms. The molecule has 0 amide bonds. The highest BCUT2D eigenvalue weighted by Crippen LogP contribution is 2.06. The van der Waals surface area contributed by atoms with Crippen molar-refractivity contribution in [3.63, 3.8) is 0 Å². The molecule has 0 aromatic heterocycles. The minimum Gasteiger partial charge on any atom is -0.246 e. The van der Waals surface area contributed by atoms with Crippen LogP contribution in [0, 0.1) is 0 Å². The molecule has 2 rings (SSSR count). The van der Waals surface area contributed by atoms with E-state index in [2.05, 4.69) is 0 Å². The van der Waals surface area contributed by atoms with E-state index in [0.29, 0.717) is 22.3 Å². The lowest BCUT2D eigenvalue weighted by atomic mass is 10.2. The van der Waals surface area contributed by atoms with Gasteiger partial charge < -0.3 is 0 Å². The van der Waals surface area contributed by atoms with Crippen molar-refractivity contribution >= 4 is 0 Å². The van der Waals surface area contributed by atoms with Crippen molar-refractivity contribution in [2.45, 2.75) is 26.7 Å². The van der Waals surface area contributed by atoms with Crippen LogP contribution in [-0.4, -0.2) is 0 Å². The lowest BCUT2D eigenvalue weighted by Gasteiger charge is -1.94. The van der Waals surface area contributed by atoms with E-state index in [0.717, 1.165) is 0 Å². The Labute approximate surface area is 134 Å². The monoisotopic (exact) mass is 360 g/mol. The number of alkyl halides is 4. The Morgan fingerprint density at radius 3 is 0.583 bits per heavy atom. The van der Waals surface area contributed by atoms with Crippen LogP contribution < -0.4 is 0 Å². The van der Waals surface area contributed by atoms with Gasteiger partial charge in [0.15, 0.2) is 0 Å². The third-order valence-corrected chi connectivity index (χ3v) is 2.66. The van der Waals surface area contributed by atoms with E-state index in [1.54, 1.807) is 48.5 Å². The molecule has 0 saturated heterocycles. The summed E-state index contributed by atoms with van der Waals surface area (Å²) in [6.07, 6.45) is 0. The quantitative estimate of drug-likeness (QED) is 0.519. The zero-order valence-corrected chi connectivity index (χ0v) is 12.5. The summed E-state index contributed by atoms with van der Waals surface area (Å²) < 4.78 is 79.5. The molecule has 0 spiro atoms. The van der Waals surface area contributed by atoms with Gasteiger partial charge in [-0.2, -0.15) is 0 Å². The summed E-state index contributed by atoms with van der Waals surface area (Å²) in [5.41, 5.74) is 2.38. The van der Waals surface area contributed by atoms with Crippen LogP contribution in [0.5, 0.6) is 0 Å². The van der Waals surface area contributed by atoms with E-state index < -0.39 is 26.7 Å². The summed E-state index contributed by atoms with van der Waals surface area (Å²) in [6, 6.07) is 12.7. The van der Waals surface area contributed by atoms with Gasteiger partial charge >= 0.3 is 0 Å². The highest BCUT2D eigenvalue weighted by molar-refractivity contribution is 5.21. The minimum atomic E-state index is -0.480. The number of halogens is 8. The second-order valence-corrected chi connectivity index (χ2v) is 4.17. The average Bonchev–Trinajstić information content (AvgIpc) is 2.71. The first-order valence-corrected chi connectivity index (χ1v) is 6.41. The molecule has 24 heavy (non-hydrogen) atoms. The van der Waals surface area contributed by atoms with Gasteiger partial charge in [-0.05, 0) is 22.3 Å². The summed E-state index contributed by atoms with van der Waals surface area (Å²) in [6.45, 7) is -1.92. The third-order valence-electron chi connectivity index (χ3n) is 2.66. The van der Waals surface area contributed by atoms with Crippen molar-refractivity contribution in [3.05, 3.63) is 70.8 Å². The number of hydrogen-bond acceptors (Lipinski definition) is 0. The Bertz CT molecular complexity index is 391. The molecule has 0 saturated carbocycles. The molecule has 0 aliphatic heterocycles. The first-order valence-electron chi connectivity index (χ1n) is 6.41. The van der Waals surface area contributed by atoms with Crippen molar-refractivity contribution in [3.8, 4) is 0 Å². The zero-order valence-electron chi connectivity index (χ0n) is 12.5. The van der Waals surface area contributed by atoms with Crippen molar-refractivity contribution in [1.82, 2.24) is 0 Å². The first-order chi connectivity index (χ1) is 11.7. The predicted molar refractivity (Wildman–Crippen MR) is 76.6 cm³/mol. The summed E-state index contributed by atoms with van der Waals surface area (Å²) in [5.74, 6) is 0. The Hall–Kier alpha value is -2.12. The fraction of sp³-hybridized carbons (Fsp3) is 0.250. The molecule has 2 aromatic carbocycles. The predicted octanol–water partition coefficient (Wildman–Crippen LogP) is 6.93. The van der Waals surface area contributed by atoms with Crippen LogP contribution in [0.25, 0.3) is 0 Å². The Morgan fingerprint density at radius 1 is 0.375 bits per heavy atom. The Kier molecular flexibility index (Phi) is 17.3. The van der Waals surface area contributed by atoms with Gasteiger partial charge in [-0.25, -0.2) is 17.6 Å². The van der Waals surface area contributed by atoms with Gasteiger partial charge in [0.1, 0.15) is 26.7 Å². The molecule has 0 unspecified atom stereocenters. The number of rotatable bonds is 4. The van der Waals surface area contributed by atoms with Crippen molar-refractivity contribution in [2.75, 3.05) is 0 Å². The lowest BCUT2D eigenvalue weighted by Crippen LogP contribution is -1.80. The SMILES string of the molecule is FCc1ccc(CF)cc1.FCc1ccc(CF)cc1.FF.FF. The number of benzene rings is 2. The second-order valence-electron chi connectivity index (χ2n) is 4.17. The van der Waals surface area contributed by atoms with Crippen LogP contribution in [0.3, 0.4) is 0 Å². The van der Waals surface area contributed by atoms with E-state index in [-0.39, 0.29) is 0 Å². The summed E-state index contributed by atoms with van der Waals surface area (Å²) >= 11 is 0. The summed E-state index contributed by atoms with van der Waals surface area (Å²) in [7, 11) is 0. The highest BCUT2D eigenvalue weighted by atomic mass is 20.0. The van der Waals surface area contributed by atoms with Crippen LogP contribution >= 0.6 is 0 Å². The van der Waals surface area contributed by atoms with Crippen LogP contribution in [0.1, 0.15) is 22.3 Å². The molecule has 2 aromatic rings. The summed E-state index contributed by atoms with van der Waals surface area (Å²) in [5, 5.41) is 0. The molecular weight excluding hydrogens is 344 g/mol. The van der Waals surface area contributed by atoms with E-state index >= 15 is 0 Å². The Morgan fingerprint density at radius 2 is 0.500 bits per heavy atom. The van der Waals surface area contributed by atoms with Gasteiger partial charge in [0.05, 0.1) is 0 Å². The summed E-state index contributed by atoms with van der Waals surface area (Å²) in [4.78, 5) is 0. The molecule has 0 atom stereocenters. The van der Waals surface area contributed by atoms with Gasteiger partial charge in [0.25, 0.3) is 0 Å². The van der Waals surface area contributed by atoms with Gasteiger partial charge in [-0.1, -0.05) is 48.5 Å². The molecular formula is C16H16F8. The van der Waals surface area contributed by atoms with Crippen molar-refractivity contribution in [2.24, 2.45) is 0 Å². The van der Waals surface area contributed by atoms with Gasteiger partial charge in [-0.3, -0.25) is 0 Å². The normalized spacial score (nSPS) is 8.67. The molecule has 0 radical (unpaired) electrons. The van der Waals surface area contributed by atoms with Gasteiger partial charge in [-0.15, -0.1) is 0 Å². The van der Waals surface area contributed by atoms with Crippen molar-refractivity contribution < 1.29 is 35.9 Å². The molecule has 0 aliphatic rings. The van der Waals surface area contributed by atoms with Gasteiger partial charge in [0.2, 0.25) is 0 Å². The van der Waals surface area contributed by atoms with Crippen molar-refractivity contribution in [1.29, 1.82) is 0 Å². The molecule has 0 nitrogen and oxygen atoms in total. The van der Waals surface area contributed by atoms with Gasteiger partial charge in [0, 0.05) is 18.3 Å². The fourth-order valence-electron chi connectivity index (χ4n) is 1.43. The topological polar surface area (TPSA) is 0 Å². The smallest absolute Gasteiger partial charge is 0.115 e. The standard InChI is InChI=1S/2C8H8F2.2F2/c2*9-5-7-1-2-8(6-10)4-3-7;2*1-2/h2*1-4H,5-6H2;;. The maximum Gasteiger partial charge on any atom is 0.115 e. The zero-order chi connectivity index (χ0) is 18.8. The van der Waals surface area contributed by atoms with E-state index in [1.807, 2.05) is 0 Å². The maximum atomic E-state index is 11.9. The van der Waals surface area contributed by atoms with E-state index in [9.17, 15) is 17.6 Å². The molecule has 0 fully saturated rings. The largest absolute Gasteiger partial charge is 0.246 e.